The van der Waals surface area contributed by atoms with Gasteiger partial charge in [-0.15, -0.1) is 17.0 Å². The summed E-state index contributed by atoms with van der Waals surface area (Å²) in [6.45, 7) is 0.659. The van der Waals surface area contributed by atoms with Crippen LogP contribution in [0.3, 0.4) is 0 Å². The molecule has 0 saturated carbocycles. The smallest absolute Gasteiger partial charge is 0.120 e. The highest BCUT2D eigenvalue weighted by atomic mass is 79.9. The van der Waals surface area contributed by atoms with Gasteiger partial charge < -0.3 is 9.67 Å². The molecule has 0 radical (unpaired) electrons. The largest absolute Gasteiger partial charge is 0.508 e. The second-order valence-corrected chi connectivity index (χ2v) is 2.86. The van der Waals surface area contributed by atoms with Crippen LogP contribution < -0.4 is 0 Å². The summed E-state index contributed by atoms with van der Waals surface area (Å²) >= 11 is 0. The van der Waals surface area contributed by atoms with Crippen LogP contribution in [0.4, 0.5) is 0 Å². The van der Waals surface area contributed by atoms with Crippen molar-refractivity contribution in [3.05, 3.63) is 48.5 Å². The molecule has 0 spiro atoms. The molecular weight excluding hydrogens is 244 g/mol. The first-order valence-corrected chi connectivity index (χ1v) is 4.09. The number of aromatic hydroxyl groups is 1. The number of nitrogens with zero attached hydrogens (tertiary/aromatic N) is 2. The molecule has 1 N–H and O–H groups in total. The van der Waals surface area contributed by atoms with Crippen molar-refractivity contribution in [2.45, 2.75) is 6.54 Å². The molecule has 0 amide bonds. The maximum absolute atomic E-state index is 9.48. The summed E-state index contributed by atoms with van der Waals surface area (Å²) in [5.41, 5.74) is 0.903. The first-order chi connectivity index (χ1) is 6.36. The quantitative estimate of drug-likeness (QED) is 0.893. The highest BCUT2D eigenvalue weighted by Crippen LogP contribution is 2.16. The Hall–Kier alpha value is -1.29. The minimum atomic E-state index is 0. The van der Waals surface area contributed by atoms with E-state index in [1.807, 2.05) is 29.0 Å². The Morgan fingerprint density at radius 2 is 2.07 bits per heavy atom. The molecule has 0 aliphatic rings. The summed E-state index contributed by atoms with van der Waals surface area (Å²) in [5.74, 6) is 0.330. The van der Waals surface area contributed by atoms with Gasteiger partial charge in [0.1, 0.15) is 5.75 Å². The molecule has 2 rings (SSSR count). The van der Waals surface area contributed by atoms with Gasteiger partial charge in [0, 0.05) is 18.0 Å². The number of rotatable bonds is 2. The molecule has 0 atom stereocenters. The molecule has 0 fully saturated rings. The van der Waals surface area contributed by atoms with E-state index in [1.165, 1.54) is 0 Å². The maximum Gasteiger partial charge on any atom is 0.120 e. The van der Waals surface area contributed by atoms with Crippen molar-refractivity contribution in [2.24, 2.45) is 0 Å². The van der Waals surface area contributed by atoms with Gasteiger partial charge in [0.05, 0.1) is 12.9 Å². The van der Waals surface area contributed by atoms with Gasteiger partial charge in [-0.3, -0.25) is 0 Å². The molecule has 4 heteroatoms. The molecule has 2 aromatic rings. The predicted octanol–water partition coefficient (Wildman–Crippen LogP) is 2.21. The fourth-order valence-corrected chi connectivity index (χ4v) is 1.22. The Bertz CT molecular complexity index is 387. The lowest BCUT2D eigenvalue weighted by molar-refractivity contribution is 0.466. The van der Waals surface area contributed by atoms with Gasteiger partial charge in [0.25, 0.3) is 0 Å². The molecule has 3 nitrogen and oxygen atoms in total. The minimum Gasteiger partial charge on any atom is -0.508 e. The van der Waals surface area contributed by atoms with E-state index in [1.54, 1.807) is 18.6 Å². The molecule has 1 heterocycles. The predicted molar refractivity (Wildman–Crippen MR) is 59.8 cm³/mol. The van der Waals surface area contributed by atoms with E-state index in [0.29, 0.717) is 12.3 Å². The second kappa shape index (κ2) is 4.81. The molecule has 0 aliphatic heterocycles. The number of aromatic nitrogens is 2. The van der Waals surface area contributed by atoms with E-state index in [2.05, 4.69) is 4.98 Å². The van der Waals surface area contributed by atoms with Crippen LogP contribution in [-0.2, 0) is 6.54 Å². The maximum atomic E-state index is 9.48. The van der Waals surface area contributed by atoms with E-state index in [9.17, 15) is 5.11 Å². The van der Waals surface area contributed by atoms with E-state index in [0.717, 1.165) is 5.56 Å². The topological polar surface area (TPSA) is 38.0 Å². The van der Waals surface area contributed by atoms with E-state index in [-0.39, 0.29) is 17.0 Å². The summed E-state index contributed by atoms with van der Waals surface area (Å²) in [4.78, 5) is 3.93. The molecule has 74 valence electrons. The first-order valence-electron chi connectivity index (χ1n) is 4.09. The molecule has 0 saturated heterocycles. The standard InChI is InChI=1S/C10H10N2O.BrH/c13-10-4-2-1-3-9(10)7-12-6-5-11-8-12;/h1-6,8,13H,7H2;1H. The lowest BCUT2D eigenvalue weighted by atomic mass is 10.2. The van der Waals surface area contributed by atoms with Gasteiger partial charge in [-0.05, 0) is 6.07 Å². The molecule has 0 aliphatic carbocycles. The fraction of sp³-hybridized carbons (Fsp3) is 0.100. The fourth-order valence-electron chi connectivity index (χ4n) is 1.22. The monoisotopic (exact) mass is 254 g/mol. The van der Waals surface area contributed by atoms with Crippen LogP contribution in [0.25, 0.3) is 0 Å². The zero-order chi connectivity index (χ0) is 9.10. The van der Waals surface area contributed by atoms with Gasteiger partial charge in [-0.2, -0.15) is 0 Å². The minimum absolute atomic E-state index is 0. The average molecular weight is 255 g/mol. The van der Waals surface area contributed by atoms with Crippen molar-refractivity contribution in [1.82, 2.24) is 9.55 Å². The van der Waals surface area contributed by atoms with E-state index < -0.39 is 0 Å². The number of imidazole rings is 1. The normalized spacial score (nSPS) is 9.43. The zero-order valence-electron chi connectivity index (χ0n) is 7.50. The molecule has 0 bridgehead atoms. The van der Waals surface area contributed by atoms with Gasteiger partial charge in [-0.25, -0.2) is 4.98 Å². The number of hydrogen-bond donors (Lipinski definition) is 1. The van der Waals surface area contributed by atoms with Gasteiger partial charge >= 0.3 is 0 Å². The lowest BCUT2D eigenvalue weighted by Crippen LogP contribution is -1.95. The summed E-state index contributed by atoms with van der Waals surface area (Å²) in [6.07, 6.45) is 5.32. The van der Waals surface area contributed by atoms with Crippen molar-refractivity contribution in [2.75, 3.05) is 0 Å². The molecule has 1 aromatic carbocycles. The molecule has 14 heavy (non-hydrogen) atoms. The summed E-state index contributed by atoms with van der Waals surface area (Å²) < 4.78 is 1.91. The van der Waals surface area contributed by atoms with E-state index >= 15 is 0 Å². The highest BCUT2D eigenvalue weighted by molar-refractivity contribution is 8.93. The number of para-hydroxylation sites is 1. The number of hydrogen-bond acceptors (Lipinski definition) is 2. The summed E-state index contributed by atoms with van der Waals surface area (Å²) in [5, 5.41) is 9.48. The summed E-state index contributed by atoms with van der Waals surface area (Å²) in [7, 11) is 0. The van der Waals surface area contributed by atoms with Crippen molar-refractivity contribution in [1.29, 1.82) is 0 Å². The van der Waals surface area contributed by atoms with E-state index in [4.69, 9.17) is 0 Å². The van der Waals surface area contributed by atoms with Crippen LogP contribution in [0.1, 0.15) is 5.56 Å². The third-order valence-corrected chi connectivity index (χ3v) is 1.90. The van der Waals surface area contributed by atoms with Crippen molar-refractivity contribution in [3.63, 3.8) is 0 Å². The number of halogens is 1. The van der Waals surface area contributed by atoms with Gasteiger partial charge in [-0.1, -0.05) is 18.2 Å². The number of phenolic OH excluding ortho intramolecular Hbond substituents is 1. The SMILES string of the molecule is Br.Oc1ccccc1Cn1ccnc1. The Morgan fingerprint density at radius 3 is 2.71 bits per heavy atom. The van der Waals surface area contributed by atoms with Crippen LogP contribution in [0, 0.1) is 0 Å². The second-order valence-electron chi connectivity index (χ2n) is 2.86. The van der Waals surface area contributed by atoms with Crippen molar-refractivity contribution < 1.29 is 5.11 Å². The zero-order valence-corrected chi connectivity index (χ0v) is 9.21. The van der Waals surface area contributed by atoms with Crippen LogP contribution in [-0.4, -0.2) is 14.7 Å². The van der Waals surface area contributed by atoms with Crippen LogP contribution in [0.5, 0.6) is 5.75 Å². The summed E-state index contributed by atoms with van der Waals surface area (Å²) in [6, 6.07) is 7.31. The number of benzene rings is 1. The first kappa shape index (κ1) is 10.8. The lowest BCUT2D eigenvalue weighted by Gasteiger charge is -2.03. The van der Waals surface area contributed by atoms with Crippen molar-refractivity contribution >= 4 is 17.0 Å². The van der Waals surface area contributed by atoms with Crippen molar-refractivity contribution in [3.8, 4) is 5.75 Å². The number of phenols is 1. The Balaban J connectivity index is 0.000000980. The van der Waals surface area contributed by atoms with Crippen LogP contribution >= 0.6 is 17.0 Å². The van der Waals surface area contributed by atoms with Crippen LogP contribution in [0.2, 0.25) is 0 Å². The Kier molecular flexibility index (Phi) is 3.71. The third kappa shape index (κ3) is 2.35. The average Bonchev–Trinajstić information content (AvgIpc) is 2.61. The van der Waals surface area contributed by atoms with Crippen LogP contribution in [0.15, 0.2) is 43.0 Å². The Morgan fingerprint density at radius 1 is 1.29 bits per heavy atom. The van der Waals surface area contributed by atoms with Gasteiger partial charge in [0.2, 0.25) is 0 Å². The third-order valence-electron chi connectivity index (χ3n) is 1.90. The Labute approximate surface area is 92.8 Å². The van der Waals surface area contributed by atoms with Gasteiger partial charge in [0.15, 0.2) is 0 Å². The molecule has 0 unspecified atom stereocenters. The highest BCUT2D eigenvalue weighted by Gasteiger charge is 1.98. The molecular formula is C10H11BrN2O. The molecule has 1 aromatic heterocycles.